The van der Waals surface area contributed by atoms with Crippen molar-refractivity contribution in [2.45, 2.75) is 70.5 Å². The Hall–Kier alpha value is -3.17. The van der Waals surface area contributed by atoms with Gasteiger partial charge in [0.2, 0.25) is 5.91 Å². The summed E-state index contributed by atoms with van der Waals surface area (Å²) >= 11 is 0. The van der Waals surface area contributed by atoms with Crippen molar-refractivity contribution in [1.29, 1.82) is 0 Å². The van der Waals surface area contributed by atoms with E-state index in [2.05, 4.69) is 34.4 Å². The van der Waals surface area contributed by atoms with E-state index in [-0.39, 0.29) is 36.5 Å². The molecule has 2 bridgehead atoms. The van der Waals surface area contributed by atoms with Crippen LogP contribution in [0.1, 0.15) is 62.7 Å². The van der Waals surface area contributed by atoms with Gasteiger partial charge in [0.15, 0.2) is 0 Å². The Kier molecular flexibility index (Phi) is 6.47. The third-order valence-corrected chi connectivity index (χ3v) is 10.1. The molecule has 4 aliphatic carbocycles. The zero-order valence-electron chi connectivity index (χ0n) is 23.2. The van der Waals surface area contributed by atoms with Crippen LogP contribution in [0.25, 0.3) is 22.4 Å². The number of rotatable bonds is 8. The molecule has 5 atom stereocenters. The van der Waals surface area contributed by atoms with E-state index in [1.807, 2.05) is 36.4 Å². The summed E-state index contributed by atoms with van der Waals surface area (Å²) in [5.41, 5.74) is 3.31. The monoisotopic (exact) mass is 540 g/mol. The minimum Gasteiger partial charge on any atom is -0.404 e. The first-order chi connectivity index (χ1) is 19.3. The number of carbonyl (C=O) groups excluding carboxylic acids is 2. The Labute approximate surface area is 235 Å². The predicted molar refractivity (Wildman–Crippen MR) is 153 cm³/mol. The van der Waals surface area contributed by atoms with Crippen LogP contribution in [-0.4, -0.2) is 53.6 Å². The molecule has 40 heavy (non-hydrogen) atoms. The van der Waals surface area contributed by atoms with Gasteiger partial charge in [-0.3, -0.25) is 9.59 Å². The molecule has 1 saturated heterocycles. The third kappa shape index (κ3) is 4.63. The number of imidazole rings is 1. The summed E-state index contributed by atoms with van der Waals surface area (Å²) in [5, 5.41) is 5.94. The maximum atomic E-state index is 13.0. The highest BCUT2D eigenvalue weighted by Crippen LogP contribution is 2.61. The fraction of sp³-hybridized carbons (Fsp3) is 0.516. The van der Waals surface area contributed by atoms with Crippen molar-refractivity contribution in [3.63, 3.8) is 0 Å². The molecule has 1 aliphatic heterocycles. The number of H-pyrrole nitrogens is 1. The van der Waals surface area contributed by atoms with E-state index in [9.17, 15) is 9.59 Å². The van der Waals surface area contributed by atoms with Gasteiger partial charge >= 0.3 is 7.12 Å². The van der Waals surface area contributed by atoms with Gasteiger partial charge in [0.05, 0.1) is 35.7 Å². The molecule has 8 rings (SSSR count). The van der Waals surface area contributed by atoms with Crippen molar-refractivity contribution in [3.8, 4) is 11.4 Å². The summed E-state index contributed by atoms with van der Waals surface area (Å²) in [7, 11) is -0.424. The van der Waals surface area contributed by atoms with Crippen LogP contribution in [0.15, 0.2) is 48.5 Å². The summed E-state index contributed by atoms with van der Waals surface area (Å²) in [6.07, 6.45) is 6.95. The first-order valence-corrected chi connectivity index (χ1v) is 14.8. The highest BCUT2D eigenvalue weighted by molar-refractivity contribution is 6.47. The molecule has 3 N–H and O–H groups in total. The fourth-order valence-electron chi connectivity index (χ4n) is 7.28. The van der Waals surface area contributed by atoms with E-state index in [4.69, 9.17) is 9.31 Å². The molecule has 0 spiro atoms. The van der Waals surface area contributed by atoms with Gasteiger partial charge in [-0.1, -0.05) is 63.4 Å². The molecule has 1 aromatic heterocycles. The molecule has 2 heterocycles. The predicted octanol–water partition coefficient (Wildman–Crippen LogP) is 4.51. The average molecular weight is 540 g/mol. The summed E-state index contributed by atoms with van der Waals surface area (Å²) in [6.45, 7) is 4.59. The topological polar surface area (TPSA) is 105 Å². The minimum atomic E-state index is -0.424. The summed E-state index contributed by atoms with van der Waals surface area (Å²) < 4.78 is 12.9. The molecule has 2 aromatic carbocycles. The standard InChI is InChI=1S/C31H37BN4O4/c1-31(2)21-15-22(31)28-25(16-21)39-32(40-28)26(13-18-7-6-8-18)36-27(37)17-33-30(38)20-11-12-23-24(14-20)35-29(34-23)19-9-4-3-5-10-19/h3-5,9-12,14,18,21-22,25-26,28H,6-8,13,15-17H2,1-2H3,(H,33,38)(H,34,35)(H,36,37)/t21-,22+,25+,26-,28?/m0/s1. The lowest BCUT2D eigenvalue weighted by Gasteiger charge is -2.60. The number of amides is 2. The van der Waals surface area contributed by atoms with Gasteiger partial charge in [-0.25, -0.2) is 4.98 Å². The quantitative estimate of drug-likeness (QED) is 0.365. The zero-order chi connectivity index (χ0) is 27.4. The second-order valence-electron chi connectivity index (χ2n) is 12.8. The van der Waals surface area contributed by atoms with Gasteiger partial charge in [-0.05, 0) is 60.6 Å². The van der Waals surface area contributed by atoms with Crippen LogP contribution < -0.4 is 10.6 Å². The molecule has 3 aromatic rings. The van der Waals surface area contributed by atoms with Crippen molar-refractivity contribution < 1.29 is 18.9 Å². The Bertz CT molecular complexity index is 1420. The molecular formula is C31H37BN4O4. The van der Waals surface area contributed by atoms with Gasteiger partial charge in [-0.2, -0.15) is 0 Å². The lowest BCUT2D eigenvalue weighted by Crippen LogP contribution is -2.59. The molecule has 2 amide bonds. The van der Waals surface area contributed by atoms with Gasteiger partial charge in [0.25, 0.3) is 5.91 Å². The van der Waals surface area contributed by atoms with Gasteiger partial charge in [-0.15, -0.1) is 0 Å². The van der Waals surface area contributed by atoms with Gasteiger partial charge in [0.1, 0.15) is 5.82 Å². The minimum absolute atomic E-state index is 0.104. The first-order valence-electron chi connectivity index (χ1n) is 14.8. The number of aromatic nitrogens is 2. The van der Waals surface area contributed by atoms with Crippen LogP contribution in [0.3, 0.4) is 0 Å². The molecule has 4 saturated carbocycles. The largest absolute Gasteiger partial charge is 0.481 e. The first kappa shape index (κ1) is 25.8. The van der Waals surface area contributed by atoms with E-state index in [0.29, 0.717) is 28.7 Å². The smallest absolute Gasteiger partial charge is 0.404 e. The van der Waals surface area contributed by atoms with Crippen LogP contribution in [0.4, 0.5) is 0 Å². The van der Waals surface area contributed by atoms with Crippen LogP contribution in [-0.2, 0) is 14.1 Å². The van der Waals surface area contributed by atoms with E-state index in [0.717, 1.165) is 35.3 Å². The Morgan fingerprint density at radius 2 is 1.95 bits per heavy atom. The van der Waals surface area contributed by atoms with Crippen molar-refractivity contribution in [1.82, 2.24) is 20.6 Å². The number of carbonyl (C=O) groups is 2. The fourth-order valence-corrected chi connectivity index (χ4v) is 7.28. The van der Waals surface area contributed by atoms with E-state index < -0.39 is 7.12 Å². The van der Waals surface area contributed by atoms with Crippen LogP contribution in [0.5, 0.6) is 0 Å². The molecule has 1 unspecified atom stereocenters. The number of fused-ring (bicyclic) bond motifs is 1. The van der Waals surface area contributed by atoms with Crippen LogP contribution >= 0.6 is 0 Å². The van der Waals surface area contributed by atoms with Gasteiger partial charge < -0.3 is 24.9 Å². The highest BCUT2D eigenvalue weighted by Gasteiger charge is 2.62. The van der Waals surface area contributed by atoms with E-state index in [1.54, 1.807) is 12.1 Å². The van der Waals surface area contributed by atoms with Crippen molar-refractivity contribution >= 4 is 30.0 Å². The SMILES string of the molecule is CC1(C)[C@H]2C[C@@H]1C1OB([C@H](CC3CCC3)NC(=O)CNC(=O)c3ccc4nc(-c5ccccc5)[nH]c4c3)O[C@@H]1C2. The highest BCUT2D eigenvalue weighted by atomic mass is 16.7. The third-order valence-electron chi connectivity index (χ3n) is 10.1. The number of hydrogen-bond acceptors (Lipinski definition) is 5. The summed E-state index contributed by atoms with van der Waals surface area (Å²) in [6, 6.07) is 15.2. The number of nitrogens with one attached hydrogen (secondary N) is 3. The molecule has 9 heteroatoms. The number of hydrogen-bond donors (Lipinski definition) is 3. The van der Waals surface area contributed by atoms with Crippen molar-refractivity contribution in [2.24, 2.45) is 23.2 Å². The van der Waals surface area contributed by atoms with E-state index in [1.165, 1.54) is 25.7 Å². The average Bonchev–Trinajstić information content (AvgIpc) is 3.57. The van der Waals surface area contributed by atoms with Crippen molar-refractivity contribution in [2.75, 3.05) is 6.54 Å². The molecule has 5 fully saturated rings. The van der Waals surface area contributed by atoms with E-state index >= 15 is 0 Å². The maximum absolute atomic E-state index is 13.0. The molecular weight excluding hydrogens is 503 g/mol. The lowest BCUT2D eigenvalue weighted by atomic mass is 9.47. The van der Waals surface area contributed by atoms with Crippen LogP contribution in [0.2, 0.25) is 0 Å². The summed E-state index contributed by atoms with van der Waals surface area (Å²) in [5.74, 6) is 1.82. The van der Waals surface area contributed by atoms with Crippen LogP contribution in [0, 0.1) is 23.2 Å². The maximum Gasteiger partial charge on any atom is 0.481 e. The Morgan fingerprint density at radius 1 is 1.12 bits per heavy atom. The number of benzene rings is 2. The summed E-state index contributed by atoms with van der Waals surface area (Å²) in [4.78, 5) is 33.9. The Balaban J connectivity index is 0.980. The normalized spacial score (nSPS) is 27.4. The van der Waals surface area contributed by atoms with Gasteiger partial charge in [0, 0.05) is 11.1 Å². The molecule has 0 radical (unpaired) electrons. The second kappa shape index (κ2) is 10.0. The number of aromatic amines is 1. The second-order valence-corrected chi connectivity index (χ2v) is 12.8. The molecule has 208 valence electrons. The molecule has 5 aliphatic rings. The number of nitrogens with zero attached hydrogens (tertiary/aromatic N) is 1. The Morgan fingerprint density at radius 3 is 2.70 bits per heavy atom. The zero-order valence-corrected chi connectivity index (χ0v) is 23.2. The molecule has 8 nitrogen and oxygen atoms in total. The lowest BCUT2D eigenvalue weighted by molar-refractivity contribution is -0.150. The van der Waals surface area contributed by atoms with Crippen molar-refractivity contribution in [3.05, 3.63) is 54.1 Å².